The molecule has 0 fully saturated rings. The number of allylic oxidation sites excluding steroid dienone is 1. The van der Waals surface area contributed by atoms with Gasteiger partial charge in [-0.3, -0.25) is 9.05 Å². The zero-order valence-corrected chi connectivity index (χ0v) is 11.9. The molecule has 0 aliphatic heterocycles. The Bertz CT molecular complexity index is 418. The van der Waals surface area contributed by atoms with E-state index in [1.54, 1.807) is 26.8 Å². The third-order valence-electron chi connectivity index (χ3n) is 2.00. The molecule has 0 unspecified atom stereocenters. The average molecular weight is 270 g/mol. The van der Waals surface area contributed by atoms with Gasteiger partial charge < -0.3 is 4.52 Å². The van der Waals surface area contributed by atoms with Gasteiger partial charge in [-0.05, 0) is 32.4 Å². The van der Waals surface area contributed by atoms with Crippen molar-refractivity contribution in [2.45, 2.75) is 20.8 Å². The van der Waals surface area contributed by atoms with Gasteiger partial charge in [0.1, 0.15) is 5.76 Å². The minimum Gasteiger partial charge on any atom is -0.409 e. The Balaban J connectivity index is 2.75. The highest BCUT2D eigenvalue weighted by atomic mass is 31.2. The molecule has 18 heavy (non-hydrogen) atoms. The van der Waals surface area contributed by atoms with Crippen LogP contribution in [0.2, 0.25) is 0 Å². The SMILES string of the molecule is CCOP(=O)(OCC)O/C(C)=C/c1ccccc1. The van der Waals surface area contributed by atoms with Crippen molar-refractivity contribution in [3.8, 4) is 0 Å². The van der Waals surface area contributed by atoms with Crippen LogP contribution < -0.4 is 0 Å². The number of benzene rings is 1. The summed E-state index contributed by atoms with van der Waals surface area (Å²) < 4.78 is 27.5. The molecule has 0 aromatic heterocycles. The van der Waals surface area contributed by atoms with E-state index < -0.39 is 7.82 Å². The number of phosphoric acid groups is 1. The molecule has 0 aliphatic rings. The van der Waals surface area contributed by atoms with Crippen LogP contribution in [-0.4, -0.2) is 13.2 Å². The number of rotatable bonds is 7. The van der Waals surface area contributed by atoms with Gasteiger partial charge >= 0.3 is 7.82 Å². The third-order valence-corrected chi connectivity index (χ3v) is 3.66. The maximum Gasteiger partial charge on any atom is 0.529 e. The van der Waals surface area contributed by atoms with Gasteiger partial charge in [-0.15, -0.1) is 0 Å². The largest absolute Gasteiger partial charge is 0.529 e. The summed E-state index contributed by atoms with van der Waals surface area (Å²) in [6.45, 7) is 5.75. The van der Waals surface area contributed by atoms with Crippen LogP contribution in [0.3, 0.4) is 0 Å². The normalized spacial score (nSPS) is 12.5. The summed E-state index contributed by atoms with van der Waals surface area (Å²) >= 11 is 0. The number of hydrogen-bond acceptors (Lipinski definition) is 4. The highest BCUT2D eigenvalue weighted by Gasteiger charge is 2.26. The molecule has 0 saturated carbocycles. The van der Waals surface area contributed by atoms with Gasteiger partial charge in [0.15, 0.2) is 0 Å². The lowest BCUT2D eigenvalue weighted by atomic mass is 10.2. The molecule has 0 saturated heterocycles. The maximum atomic E-state index is 12.1. The quantitative estimate of drug-likeness (QED) is 0.549. The predicted octanol–water partition coefficient (Wildman–Crippen LogP) is 4.25. The number of phosphoric ester groups is 1. The zero-order valence-electron chi connectivity index (χ0n) is 11.0. The molecule has 1 aromatic rings. The van der Waals surface area contributed by atoms with Crippen LogP contribution in [0.15, 0.2) is 36.1 Å². The highest BCUT2D eigenvalue weighted by Crippen LogP contribution is 2.51. The van der Waals surface area contributed by atoms with Crippen LogP contribution in [0.1, 0.15) is 26.3 Å². The van der Waals surface area contributed by atoms with Gasteiger partial charge in [-0.2, -0.15) is 0 Å². The molecule has 4 nitrogen and oxygen atoms in total. The Morgan fingerprint density at radius 2 is 1.72 bits per heavy atom. The minimum atomic E-state index is -3.48. The van der Waals surface area contributed by atoms with Gasteiger partial charge in [-0.25, -0.2) is 4.57 Å². The first-order chi connectivity index (χ1) is 8.59. The molecule has 5 heteroatoms. The van der Waals surface area contributed by atoms with E-state index in [0.29, 0.717) is 5.76 Å². The molecular formula is C13H19O4P. The lowest BCUT2D eigenvalue weighted by molar-refractivity contribution is 0.146. The van der Waals surface area contributed by atoms with Crippen LogP contribution in [0.5, 0.6) is 0 Å². The molecule has 0 spiro atoms. The Labute approximate surface area is 108 Å². The van der Waals surface area contributed by atoms with Crippen LogP contribution in [0, 0.1) is 0 Å². The maximum absolute atomic E-state index is 12.1. The monoisotopic (exact) mass is 270 g/mol. The fourth-order valence-corrected chi connectivity index (χ4v) is 2.61. The first-order valence-corrected chi connectivity index (χ1v) is 7.37. The predicted molar refractivity (Wildman–Crippen MR) is 72.0 cm³/mol. The Kier molecular flexibility index (Phi) is 6.13. The van der Waals surface area contributed by atoms with Gasteiger partial charge in [0.05, 0.1) is 13.2 Å². The number of hydrogen-bond donors (Lipinski definition) is 0. The van der Waals surface area contributed by atoms with Crippen molar-refractivity contribution >= 4 is 13.9 Å². The van der Waals surface area contributed by atoms with E-state index in [1.165, 1.54) is 0 Å². The Morgan fingerprint density at radius 1 is 1.17 bits per heavy atom. The van der Waals surface area contributed by atoms with Gasteiger partial charge in [0.2, 0.25) is 0 Å². The summed E-state index contributed by atoms with van der Waals surface area (Å²) in [7, 11) is -3.48. The van der Waals surface area contributed by atoms with E-state index >= 15 is 0 Å². The second-order valence-electron chi connectivity index (χ2n) is 3.54. The fourth-order valence-electron chi connectivity index (χ4n) is 1.39. The molecule has 0 amide bonds. The molecule has 0 N–H and O–H groups in total. The van der Waals surface area contributed by atoms with E-state index in [1.807, 2.05) is 30.3 Å². The van der Waals surface area contributed by atoms with Crippen molar-refractivity contribution in [3.63, 3.8) is 0 Å². The Morgan fingerprint density at radius 3 is 2.22 bits per heavy atom. The van der Waals surface area contributed by atoms with Crippen molar-refractivity contribution in [2.75, 3.05) is 13.2 Å². The highest BCUT2D eigenvalue weighted by molar-refractivity contribution is 7.48. The Hall–Kier alpha value is -1.09. The smallest absolute Gasteiger partial charge is 0.409 e. The summed E-state index contributed by atoms with van der Waals surface area (Å²) in [6, 6.07) is 9.63. The fraction of sp³-hybridized carbons (Fsp3) is 0.385. The molecule has 100 valence electrons. The molecule has 0 bridgehead atoms. The second-order valence-corrected chi connectivity index (χ2v) is 5.13. The standard InChI is InChI=1S/C13H19O4P/c1-4-15-18(14,16-5-2)17-12(3)11-13-9-7-6-8-10-13/h6-11H,4-5H2,1-3H3/b12-11+. The molecule has 0 aliphatic carbocycles. The molecule has 0 heterocycles. The second kappa shape index (κ2) is 7.37. The summed E-state index contributed by atoms with van der Waals surface area (Å²) in [5.74, 6) is 0.492. The van der Waals surface area contributed by atoms with Crippen molar-refractivity contribution in [2.24, 2.45) is 0 Å². The van der Waals surface area contributed by atoms with Crippen LogP contribution in [0.25, 0.3) is 6.08 Å². The van der Waals surface area contributed by atoms with Crippen LogP contribution in [0.4, 0.5) is 0 Å². The van der Waals surface area contributed by atoms with Gasteiger partial charge in [-0.1, -0.05) is 30.3 Å². The summed E-state index contributed by atoms with van der Waals surface area (Å²) in [5.41, 5.74) is 0.967. The average Bonchev–Trinajstić information content (AvgIpc) is 2.30. The van der Waals surface area contributed by atoms with Crippen molar-refractivity contribution < 1.29 is 18.1 Å². The lowest BCUT2D eigenvalue weighted by Gasteiger charge is -2.17. The van der Waals surface area contributed by atoms with Crippen LogP contribution >= 0.6 is 7.82 Å². The van der Waals surface area contributed by atoms with E-state index in [0.717, 1.165) is 5.56 Å². The lowest BCUT2D eigenvalue weighted by Crippen LogP contribution is -1.99. The summed E-state index contributed by atoms with van der Waals surface area (Å²) in [4.78, 5) is 0. The molecule has 1 rings (SSSR count). The van der Waals surface area contributed by atoms with E-state index in [9.17, 15) is 4.57 Å². The third kappa shape index (κ3) is 5.05. The van der Waals surface area contributed by atoms with E-state index in [-0.39, 0.29) is 13.2 Å². The van der Waals surface area contributed by atoms with Crippen molar-refractivity contribution in [3.05, 3.63) is 41.7 Å². The molecule has 0 atom stereocenters. The molecule has 0 radical (unpaired) electrons. The van der Waals surface area contributed by atoms with Crippen molar-refractivity contribution in [1.82, 2.24) is 0 Å². The van der Waals surface area contributed by atoms with Crippen molar-refractivity contribution in [1.29, 1.82) is 0 Å². The first kappa shape index (κ1) is 15.0. The van der Waals surface area contributed by atoms with Gasteiger partial charge in [0, 0.05) is 0 Å². The van der Waals surface area contributed by atoms with E-state index in [2.05, 4.69) is 0 Å². The molecule has 1 aromatic carbocycles. The minimum absolute atomic E-state index is 0.274. The van der Waals surface area contributed by atoms with Crippen LogP contribution in [-0.2, 0) is 18.1 Å². The zero-order chi connectivity index (χ0) is 13.4. The first-order valence-electron chi connectivity index (χ1n) is 5.91. The summed E-state index contributed by atoms with van der Waals surface area (Å²) in [6.07, 6.45) is 1.78. The molecular weight excluding hydrogens is 251 g/mol. The van der Waals surface area contributed by atoms with E-state index in [4.69, 9.17) is 13.6 Å². The topological polar surface area (TPSA) is 44.8 Å². The van der Waals surface area contributed by atoms with Gasteiger partial charge in [0.25, 0.3) is 0 Å². The summed E-state index contributed by atoms with van der Waals surface area (Å²) in [5, 5.41) is 0.